The minimum Gasteiger partial charge on any atom is -0.478 e. The molecular weight excluding hydrogens is 480 g/mol. The minimum atomic E-state index is -4.50. The lowest BCUT2D eigenvalue weighted by Gasteiger charge is -2.16. The molecule has 1 atom stereocenters. The first-order valence-electron chi connectivity index (χ1n) is 10.9. The molecule has 1 unspecified atom stereocenters. The van der Waals surface area contributed by atoms with Crippen molar-refractivity contribution in [2.45, 2.75) is 31.7 Å². The number of rotatable bonds is 9. The van der Waals surface area contributed by atoms with Crippen molar-refractivity contribution in [3.63, 3.8) is 0 Å². The molecule has 0 bridgehead atoms. The van der Waals surface area contributed by atoms with Crippen LogP contribution in [0.5, 0.6) is 0 Å². The number of amides is 1. The summed E-state index contributed by atoms with van der Waals surface area (Å²) in [6.07, 6.45) is -5.71. The Kier molecular flexibility index (Phi) is 8.23. The Hall–Kier alpha value is -4.02. The van der Waals surface area contributed by atoms with Crippen LogP contribution in [0.1, 0.15) is 55.8 Å². The fourth-order valence-electron chi connectivity index (χ4n) is 3.32. The van der Waals surface area contributed by atoms with Crippen molar-refractivity contribution in [3.05, 3.63) is 88.2 Å². The van der Waals surface area contributed by atoms with Crippen molar-refractivity contribution in [3.8, 4) is 0 Å². The predicted molar refractivity (Wildman–Crippen MR) is 125 cm³/mol. The number of hydrogen-bond donors (Lipinski definition) is 2. The van der Waals surface area contributed by atoms with Crippen LogP contribution in [0.25, 0.3) is 0 Å². The van der Waals surface area contributed by atoms with Gasteiger partial charge in [0.15, 0.2) is 0 Å². The van der Waals surface area contributed by atoms with E-state index in [2.05, 4.69) is 15.3 Å². The molecule has 1 amide bonds. The highest BCUT2D eigenvalue weighted by Gasteiger charge is 2.30. The number of carboxylic acids is 1. The van der Waals surface area contributed by atoms with Crippen molar-refractivity contribution < 1.29 is 32.3 Å². The number of anilines is 1. The predicted octanol–water partition coefficient (Wildman–Crippen LogP) is 4.83. The first-order valence-corrected chi connectivity index (χ1v) is 10.9. The van der Waals surface area contributed by atoms with Crippen LogP contribution in [0.4, 0.5) is 23.5 Å². The second-order valence-corrected chi connectivity index (χ2v) is 8.26. The van der Waals surface area contributed by atoms with Gasteiger partial charge in [0.2, 0.25) is 5.95 Å². The molecule has 1 heterocycles. The molecule has 3 rings (SSSR count). The Morgan fingerprint density at radius 2 is 1.72 bits per heavy atom. The number of nitrogens with one attached hydrogen (secondary N) is 1. The molecule has 3 aromatic rings. The molecule has 36 heavy (non-hydrogen) atoms. The zero-order chi connectivity index (χ0) is 26.5. The van der Waals surface area contributed by atoms with Crippen LogP contribution in [-0.2, 0) is 19.1 Å². The summed E-state index contributed by atoms with van der Waals surface area (Å²) < 4.78 is 53.9. The van der Waals surface area contributed by atoms with E-state index in [1.54, 1.807) is 26.2 Å². The van der Waals surface area contributed by atoms with Gasteiger partial charge >= 0.3 is 12.1 Å². The van der Waals surface area contributed by atoms with Gasteiger partial charge < -0.3 is 15.3 Å². The summed E-state index contributed by atoms with van der Waals surface area (Å²) >= 11 is 0. The third kappa shape index (κ3) is 7.00. The SMILES string of the molecule is CN(C)c1nc(C(=O)NCc2cccc(C(F)(F)F)c2)cc(C(F)CCc2ccc(C(=O)O)cc2)n1. The number of nitrogens with zero attached hydrogens (tertiary/aromatic N) is 3. The number of halogens is 4. The molecule has 0 aliphatic rings. The van der Waals surface area contributed by atoms with Gasteiger partial charge in [-0.25, -0.2) is 19.2 Å². The molecule has 0 aliphatic carbocycles. The highest BCUT2D eigenvalue weighted by Crippen LogP contribution is 2.29. The molecule has 0 spiro atoms. The first-order chi connectivity index (χ1) is 16.9. The van der Waals surface area contributed by atoms with E-state index in [0.717, 1.165) is 17.7 Å². The number of benzene rings is 2. The van der Waals surface area contributed by atoms with E-state index in [-0.39, 0.29) is 41.4 Å². The molecule has 0 fully saturated rings. The number of aromatic carboxylic acids is 1. The zero-order valence-corrected chi connectivity index (χ0v) is 19.5. The maximum absolute atomic E-state index is 15.1. The molecule has 11 heteroatoms. The molecule has 0 aliphatic heterocycles. The number of aryl methyl sites for hydroxylation is 1. The summed E-state index contributed by atoms with van der Waals surface area (Å²) in [4.78, 5) is 33.5. The first kappa shape index (κ1) is 26.6. The van der Waals surface area contributed by atoms with Crippen molar-refractivity contribution in [2.75, 3.05) is 19.0 Å². The third-order valence-electron chi connectivity index (χ3n) is 5.28. The van der Waals surface area contributed by atoms with Crippen LogP contribution >= 0.6 is 0 Å². The normalized spacial score (nSPS) is 12.2. The number of aromatic nitrogens is 2. The summed E-state index contributed by atoms with van der Waals surface area (Å²) in [5, 5.41) is 11.5. The summed E-state index contributed by atoms with van der Waals surface area (Å²) in [6, 6.07) is 11.9. The van der Waals surface area contributed by atoms with Crippen LogP contribution in [0.3, 0.4) is 0 Å². The Bertz CT molecular complexity index is 1230. The lowest BCUT2D eigenvalue weighted by Crippen LogP contribution is -2.26. The van der Waals surface area contributed by atoms with Gasteiger partial charge in [-0.2, -0.15) is 13.2 Å². The Balaban J connectivity index is 1.72. The quantitative estimate of drug-likeness (QED) is 0.405. The van der Waals surface area contributed by atoms with Crippen LogP contribution in [-0.4, -0.2) is 41.0 Å². The van der Waals surface area contributed by atoms with Gasteiger partial charge in [-0.15, -0.1) is 0 Å². The van der Waals surface area contributed by atoms with Crippen LogP contribution < -0.4 is 10.2 Å². The Labute approximate surface area is 204 Å². The lowest BCUT2D eigenvalue weighted by molar-refractivity contribution is -0.137. The van der Waals surface area contributed by atoms with E-state index in [1.165, 1.54) is 35.2 Å². The number of alkyl halides is 4. The van der Waals surface area contributed by atoms with Crippen molar-refractivity contribution in [1.29, 1.82) is 0 Å². The van der Waals surface area contributed by atoms with Gasteiger partial charge in [0.1, 0.15) is 11.9 Å². The van der Waals surface area contributed by atoms with Crippen LogP contribution in [0.15, 0.2) is 54.6 Å². The maximum atomic E-state index is 15.1. The molecule has 0 saturated carbocycles. The molecule has 0 radical (unpaired) electrons. The van der Waals surface area contributed by atoms with Gasteiger partial charge in [0.25, 0.3) is 5.91 Å². The van der Waals surface area contributed by atoms with E-state index in [9.17, 15) is 22.8 Å². The molecule has 2 N–H and O–H groups in total. The Morgan fingerprint density at radius 1 is 1.03 bits per heavy atom. The monoisotopic (exact) mass is 504 g/mol. The van der Waals surface area contributed by atoms with E-state index in [0.29, 0.717) is 6.42 Å². The molecule has 7 nitrogen and oxygen atoms in total. The minimum absolute atomic E-state index is 0.0138. The summed E-state index contributed by atoms with van der Waals surface area (Å²) in [5.41, 5.74) is 0.152. The largest absolute Gasteiger partial charge is 0.478 e. The van der Waals surface area contributed by atoms with E-state index >= 15 is 4.39 Å². The van der Waals surface area contributed by atoms with E-state index in [1.807, 2.05) is 0 Å². The second kappa shape index (κ2) is 11.1. The van der Waals surface area contributed by atoms with E-state index < -0.39 is 29.8 Å². The fourth-order valence-corrected chi connectivity index (χ4v) is 3.32. The van der Waals surface area contributed by atoms with Crippen molar-refractivity contribution >= 4 is 17.8 Å². The van der Waals surface area contributed by atoms with Gasteiger partial charge in [-0.05, 0) is 54.3 Å². The van der Waals surface area contributed by atoms with Gasteiger partial charge in [0.05, 0.1) is 16.8 Å². The average Bonchev–Trinajstić information content (AvgIpc) is 2.85. The summed E-state index contributed by atoms with van der Waals surface area (Å²) in [5.74, 6) is -1.64. The maximum Gasteiger partial charge on any atom is 0.416 e. The smallest absolute Gasteiger partial charge is 0.416 e. The number of carbonyl (C=O) groups excluding carboxylic acids is 1. The van der Waals surface area contributed by atoms with Gasteiger partial charge in [-0.1, -0.05) is 24.3 Å². The van der Waals surface area contributed by atoms with E-state index in [4.69, 9.17) is 5.11 Å². The molecule has 0 saturated heterocycles. The van der Waals surface area contributed by atoms with Crippen LogP contribution in [0.2, 0.25) is 0 Å². The standard InChI is InChI=1S/C25H24F4N4O3/c1-33(2)24-31-20(19(26)11-8-15-6-9-17(10-7-15)23(35)36)13-21(32-24)22(34)30-14-16-4-3-5-18(12-16)25(27,28)29/h3-7,9-10,12-13,19H,8,11,14H2,1-2H3,(H,30,34)(H,35,36). The van der Waals surface area contributed by atoms with Crippen molar-refractivity contribution in [1.82, 2.24) is 15.3 Å². The molecule has 1 aromatic heterocycles. The molecule has 2 aromatic carbocycles. The van der Waals surface area contributed by atoms with Gasteiger partial charge in [-0.3, -0.25) is 4.79 Å². The lowest BCUT2D eigenvalue weighted by atomic mass is 10.0. The number of carbonyl (C=O) groups is 2. The van der Waals surface area contributed by atoms with Gasteiger partial charge in [0, 0.05) is 20.6 Å². The summed E-state index contributed by atoms with van der Waals surface area (Å²) in [6.45, 7) is -0.176. The molecule has 190 valence electrons. The topological polar surface area (TPSA) is 95.4 Å². The highest BCUT2D eigenvalue weighted by molar-refractivity contribution is 5.92. The third-order valence-corrected chi connectivity index (χ3v) is 5.28. The second-order valence-electron chi connectivity index (χ2n) is 8.26. The molecular formula is C25H24F4N4O3. The number of hydrogen-bond acceptors (Lipinski definition) is 5. The summed E-state index contributed by atoms with van der Waals surface area (Å²) in [7, 11) is 3.25. The van der Waals surface area contributed by atoms with Crippen molar-refractivity contribution in [2.24, 2.45) is 0 Å². The zero-order valence-electron chi connectivity index (χ0n) is 19.5. The van der Waals surface area contributed by atoms with Crippen LogP contribution in [0, 0.1) is 0 Å². The number of carboxylic acid groups (broad SMARTS) is 1. The fraction of sp³-hybridized carbons (Fsp3) is 0.280. The highest BCUT2D eigenvalue weighted by atomic mass is 19.4. The average molecular weight is 504 g/mol. The Morgan fingerprint density at radius 3 is 2.33 bits per heavy atom.